The van der Waals surface area contributed by atoms with Crippen molar-refractivity contribution in [1.82, 2.24) is 14.8 Å². The van der Waals surface area contributed by atoms with Crippen molar-refractivity contribution < 1.29 is 9.59 Å². The topological polar surface area (TPSA) is 103 Å². The SMILES string of the molecule is NC(=O)c1ccccc1NC(=O)/C=C/c1cn(Cc2ccccc2)nc1-c1cccnc1. The lowest BCUT2D eigenvalue weighted by Gasteiger charge is -2.06. The van der Waals surface area contributed by atoms with Gasteiger partial charge < -0.3 is 11.1 Å². The van der Waals surface area contributed by atoms with Gasteiger partial charge in [-0.2, -0.15) is 5.10 Å². The van der Waals surface area contributed by atoms with Gasteiger partial charge in [0.05, 0.1) is 17.8 Å². The van der Waals surface area contributed by atoms with Crippen molar-refractivity contribution in [3.63, 3.8) is 0 Å². The van der Waals surface area contributed by atoms with Gasteiger partial charge in [-0.05, 0) is 35.9 Å². The molecule has 0 spiro atoms. The van der Waals surface area contributed by atoms with Crippen LogP contribution in [0.1, 0.15) is 21.5 Å². The van der Waals surface area contributed by atoms with Gasteiger partial charge in [-0.1, -0.05) is 42.5 Å². The Morgan fingerprint density at radius 2 is 1.78 bits per heavy atom. The van der Waals surface area contributed by atoms with E-state index in [0.717, 1.165) is 22.4 Å². The fourth-order valence-electron chi connectivity index (χ4n) is 3.28. The molecule has 2 amide bonds. The number of amides is 2. The van der Waals surface area contributed by atoms with Crippen LogP contribution in [0.4, 0.5) is 5.69 Å². The first-order valence-electron chi connectivity index (χ1n) is 10.00. The third-order valence-electron chi connectivity index (χ3n) is 4.78. The Morgan fingerprint density at radius 3 is 2.53 bits per heavy atom. The highest BCUT2D eigenvalue weighted by Gasteiger charge is 2.12. The van der Waals surface area contributed by atoms with Gasteiger partial charge in [0.15, 0.2) is 0 Å². The first-order valence-corrected chi connectivity index (χ1v) is 10.00. The maximum Gasteiger partial charge on any atom is 0.250 e. The van der Waals surface area contributed by atoms with Crippen molar-refractivity contribution in [3.8, 4) is 11.3 Å². The smallest absolute Gasteiger partial charge is 0.250 e. The zero-order valence-electron chi connectivity index (χ0n) is 17.2. The van der Waals surface area contributed by atoms with Gasteiger partial charge in [-0.25, -0.2) is 0 Å². The second-order valence-electron chi connectivity index (χ2n) is 7.09. The van der Waals surface area contributed by atoms with Crippen molar-refractivity contribution >= 4 is 23.6 Å². The zero-order valence-corrected chi connectivity index (χ0v) is 17.2. The average Bonchev–Trinajstić information content (AvgIpc) is 3.22. The van der Waals surface area contributed by atoms with Crippen molar-refractivity contribution in [1.29, 1.82) is 0 Å². The molecule has 0 bridgehead atoms. The van der Waals surface area contributed by atoms with Gasteiger partial charge in [0.1, 0.15) is 5.69 Å². The molecule has 0 saturated heterocycles. The summed E-state index contributed by atoms with van der Waals surface area (Å²) in [5.41, 5.74) is 9.44. The maximum atomic E-state index is 12.5. The number of rotatable bonds is 7. The van der Waals surface area contributed by atoms with Gasteiger partial charge in [-0.3, -0.25) is 19.3 Å². The molecular weight excluding hydrogens is 402 g/mol. The first-order chi connectivity index (χ1) is 15.6. The lowest BCUT2D eigenvalue weighted by atomic mass is 10.1. The summed E-state index contributed by atoms with van der Waals surface area (Å²) in [6.07, 6.45) is 8.41. The first kappa shape index (κ1) is 20.7. The van der Waals surface area contributed by atoms with Crippen LogP contribution in [0, 0.1) is 0 Å². The molecule has 4 aromatic rings. The summed E-state index contributed by atoms with van der Waals surface area (Å²) in [6, 6.07) is 20.4. The number of primary amides is 1. The standard InChI is InChI=1S/C25H21N5O2/c26-25(32)21-10-4-5-11-22(21)28-23(31)13-12-20-17-30(16-18-7-2-1-3-8-18)29-24(20)19-9-6-14-27-15-19/h1-15,17H,16H2,(H2,26,32)(H,28,31)/b13-12+. The predicted molar refractivity (Wildman–Crippen MR) is 124 cm³/mol. The molecule has 0 radical (unpaired) electrons. The summed E-state index contributed by atoms with van der Waals surface area (Å²) < 4.78 is 1.83. The van der Waals surface area contributed by atoms with Crippen molar-refractivity contribution in [2.24, 2.45) is 5.73 Å². The minimum atomic E-state index is -0.606. The van der Waals surface area contributed by atoms with E-state index in [1.807, 2.05) is 53.3 Å². The highest BCUT2D eigenvalue weighted by molar-refractivity contribution is 6.07. The molecule has 32 heavy (non-hydrogen) atoms. The van der Waals surface area contributed by atoms with Crippen LogP contribution in [-0.2, 0) is 11.3 Å². The van der Waals surface area contributed by atoms with Crippen LogP contribution in [0.15, 0.2) is 91.4 Å². The Hall–Kier alpha value is -4.52. The minimum absolute atomic E-state index is 0.251. The summed E-state index contributed by atoms with van der Waals surface area (Å²) in [5.74, 6) is -0.988. The summed E-state index contributed by atoms with van der Waals surface area (Å²) in [6.45, 7) is 0.597. The van der Waals surface area contributed by atoms with E-state index in [1.54, 1.807) is 42.7 Å². The van der Waals surface area contributed by atoms with Crippen LogP contribution in [-0.4, -0.2) is 26.6 Å². The van der Waals surface area contributed by atoms with E-state index in [4.69, 9.17) is 10.8 Å². The summed E-state index contributed by atoms with van der Waals surface area (Å²) in [4.78, 5) is 28.3. The van der Waals surface area contributed by atoms with Gasteiger partial charge >= 0.3 is 0 Å². The summed E-state index contributed by atoms with van der Waals surface area (Å²) in [5, 5.41) is 7.41. The maximum absolute atomic E-state index is 12.5. The molecular formula is C25H21N5O2. The second-order valence-corrected chi connectivity index (χ2v) is 7.09. The van der Waals surface area contributed by atoms with E-state index < -0.39 is 5.91 Å². The number of hydrogen-bond donors (Lipinski definition) is 2. The number of anilines is 1. The van der Waals surface area contributed by atoms with Crippen LogP contribution < -0.4 is 11.1 Å². The fourth-order valence-corrected chi connectivity index (χ4v) is 3.28. The third kappa shape index (κ3) is 4.96. The highest BCUT2D eigenvalue weighted by atomic mass is 16.2. The molecule has 7 nitrogen and oxygen atoms in total. The van der Waals surface area contributed by atoms with Crippen molar-refractivity contribution in [2.45, 2.75) is 6.54 Å². The lowest BCUT2D eigenvalue weighted by molar-refractivity contribution is -0.111. The number of pyridine rings is 1. The molecule has 0 saturated carbocycles. The molecule has 2 aromatic heterocycles. The lowest BCUT2D eigenvalue weighted by Crippen LogP contribution is -2.16. The van der Waals surface area contributed by atoms with Gasteiger partial charge in [0, 0.05) is 35.8 Å². The van der Waals surface area contributed by atoms with Gasteiger partial charge in [-0.15, -0.1) is 0 Å². The number of nitrogens with two attached hydrogens (primary N) is 1. The predicted octanol–water partition coefficient (Wildman–Crippen LogP) is 3.74. The van der Waals surface area contributed by atoms with E-state index in [0.29, 0.717) is 12.2 Å². The van der Waals surface area contributed by atoms with Crippen LogP contribution in [0.2, 0.25) is 0 Å². The quantitative estimate of drug-likeness (QED) is 0.442. The summed E-state index contributed by atoms with van der Waals surface area (Å²) in [7, 11) is 0. The number of aromatic nitrogens is 3. The number of nitrogens with one attached hydrogen (secondary N) is 1. The van der Waals surface area contributed by atoms with Gasteiger partial charge in [0.2, 0.25) is 5.91 Å². The number of carbonyl (C=O) groups is 2. The normalized spacial score (nSPS) is 10.9. The Labute approximate surface area is 185 Å². The molecule has 0 unspecified atom stereocenters. The Balaban J connectivity index is 1.60. The molecule has 3 N–H and O–H groups in total. The van der Waals surface area contributed by atoms with E-state index >= 15 is 0 Å². The molecule has 158 valence electrons. The van der Waals surface area contributed by atoms with Crippen LogP contribution in [0.5, 0.6) is 0 Å². The van der Waals surface area contributed by atoms with Crippen molar-refractivity contribution in [2.75, 3.05) is 5.32 Å². The van der Waals surface area contributed by atoms with Crippen LogP contribution in [0.25, 0.3) is 17.3 Å². The Morgan fingerprint density at radius 1 is 1.00 bits per heavy atom. The van der Waals surface area contributed by atoms with Crippen molar-refractivity contribution in [3.05, 3.63) is 108 Å². The molecule has 4 rings (SSSR count). The van der Waals surface area contributed by atoms with Crippen LogP contribution in [0.3, 0.4) is 0 Å². The fraction of sp³-hybridized carbons (Fsp3) is 0.0400. The van der Waals surface area contributed by atoms with E-state index in [9.17, 15) is 9.59 Å². The second kappa shape index (κ2) is 9.53. The molecule has 0 atom stereocenters. The molecule has 0 aliphatic heterocycles. The molecule has 2 aromatic carbocycles. The molecule has 2 heterocycles. The number of nitrogens with zero attached hydrogens (tertiary/aromatic N) is 3. The zero-order chi connectivity index (χ0) is 22.3. The van der Waals surface area contributed by atoms with E-state index in [-0.39, 0.29) is 11.5 Å². The van der Waals surface area contributed by atoms with Gasteiger partial charge in [0.25, 0.3) is 5.91 Å². The highest BCUT2D eigenvalue weighted by Crippen LogP contribution is 2.23. The monoisotopic (exact) mass is 423 g/mol. The van der Waals surface area contributed by atoms with Crippen LogP contribution >= 0.6 is 0 Å². The largest absolute Gasteiger partial charge is 0.366 e. The molecule has 7 heteroatoms. The minimum Gasteiger partial charge on any atom is -0.366 e. The molecule has 0 fully saturated rings. The number of carbonyl (C=O) groups excluding carboxylic acids is 2. The third-order valence-corrected chi connectivity index (χ3v) is 4.78. The Kier molecular flexibility index (Phi) is 6.17. The average molecular weight is 423 g/mol. The number of benzene rings is 2. The Bertz CT molecular complexity index is 1260. The molecule has 0 aliphatic carbocycles. The van der Waals surface area contributed by atoms with E-state index in [2.05, 4.69) is 10.3 Å². The number of hydrogen-bond acceptors (Lipinski definition) is 4. The number of para-hydroxylation sites is 1. The molecule has 0 aliphatic rings. The summed E-state index contributed by atoms with van der Waals surface area (Å²) >= 11 is 0. The van der Waals surface area contributed by atoms with E-state index in [1.165, 1.54) is 6.08 Å².